The molecule has 1 aromatic heterocycles. The van der Waals surface area contributed by atoms with E-state index < -0.39 is 23.9 Å². The van der Waals surface area contributed by atoms with E-state index in [-0.39, 0.29) is 48.4 Å². The monoisotopic (exact) mass is 515 g/mol. The minimum Gasteiger partial charge on any atom is -0.481 e. The molecule has 3 aliphatic rings. The highest BCUT2D eigenvalue weighted by molar-refractivity contribution is 6.31. The minimum absolute atomic E-state index is 0.0108. The predicted molar refractivity (Wildman–Crippen MR) is 129 cm³/mol. The van der Waals surface area contributed by atoms with Crippen LogP contribution in [0.4, 0.5) is 14.9 Å². The number of benzene rings is 1. The van der Waals surface area contributed by atoms with Crippen molar-refractivity contribution >= 4 is 35.3 Å². The van der Waals surface area contributed by atoms with Crippen molar-refractivity contribution in [2.75, 3.05) is 4.90 Å². The van der Waals surface area contributed by atoms with E-state index in [1.807, 2.05) is 0 Å². The lowest BCUT2D eigenvalue weighted by Gasteiger charge is -2.47. The lowest BCUT2D eigenvalue weighted by atomic mass is 9.81. The zero-order chi connectivity index (χ0) is 25.4. The van der Waals surface area contributed by atoms with Crippen LogP contribution in [-0.4, -0.2) is 45.0 Å². The highest BCUT2D eigenvalue weighted by atomic mass is 35.5. The van der Waals surface area contributed by atoms with Gasteiger partial charge in [0.15, 0.2) is 0 Å². The van der Waals surface area contributed by atoms with Crippen LogP contribution in [0, 0.1) is 11.7 Å². The first kappa shape index (κ1) is 24.5. The van der Waals surface area contributed by atoms with Crippen molar-refractivity contribution < 1.29 is 28.6 Å². The van der Waals surface area contributed by atoms with Crippen LogP contribution in [0.5, 0.6) is 0 Å². The molecule has 0 bridgehead atoms. The first-order valence-corrected chi connectivity index (χ1v) is 12.6. The molecule has 2 heterocycles. The lowest BCUT2D eigenvalue weighted by molar-refractivity contribution is -0.142. The summed E-state index contributed by atoms with van der Waals surface area (Å²) in [5.41, 5.74) is 1.53. The molecule has 2 aliphatic carbocycles. The van der Waals surface area contributed by atoms with Gasteiger partial charge in [-0.05, 0) is 49.9 Å². The summed E-state index contributed by atoms with van der Waals surface area (Å²) in [6, 6.07) is 7.34. The molecule has 3 unspecified atom stereocenters. The number of aromatic nitrogens is 1. The van der Waals surface area contributed by atoms with Crippen LogP contribution in [-0.2, 0) is 20.9 Å². The maximum absolute atomic E-state index is 14.8. The van der Waals surface area contributed by atoms with Gasteiger partial charge in [-0.15, -0.1) is 0 Å². The van der Waals surface area contributed by atoms with E-state index >= 15 is 0 Å². The SMILES string of the molecule is O=C(O)CCC(=O)N(C1CC1)C1c2cc(F)c(Cl)cc2N(C(=O)OCc2ccccn2)C2CCCC21. The van der Waals surface area contributed by atoms with Crippen LogP contribution in [0.15, 0.2) is 36.5 Å². The zero-order valence-corrected chi connectivity index (χ0v) is 20.4. The molecule has 0 radical (unpaired) electrons. The number of carboxylic acid groups (broad SMARTS) is 1. The van der Waals surface area contributed by atoms with Crippen molar-refractivity contribution in [1.29, 1.82) is 0 Å². The molecular formula is C26H27ClFN3O5. The molecule has 0 saturated heterocycles. The van der Waals surface area contributed by atoms with Crippen molar-refractivity contribution in [2.45, 2.75) is 69.7 Å². The molecular weight excluding hydrogens is 489 g/mol. The number of nitrogens with zero attached hydrogens (tertiary/aromatic N) is 3. The molecule has 8 nitrogen and oxygen atoms in total. The van der Waals surface area contributed by atoms with Crippen LogP contribution < -0.4 is 4.90 Å². The van der Waals surface area contributed by atoms with Crippen LogP contribution in [0.3, 0.4) is 0 Å². The fraction of sp³-hybridized carbons (Fsp3) is 0.462. The average Bonchev–Trinajstić information content (AvgIpc) is 3.58. The number of halogens is 2. The van der Waals surface area contributed by atoms with Gasteiger partial charge in [0.05, 0.1) is 28.9 Å². The van der Waals surface area contributed by atoms with Crippen LogP contribution in [0.25, 0.3) is 0 Å². The molecule has 36 heavy (non-hydrogen) atoms. The summed E-state index contributed by atoms with van der Waals surface area (Å²) in [5.74, 6) is -2.06. The Morgan fingerprint density at radius 1 is 1.17 bits per heavy atom. The third-order valence-corrected chi connectivity index (χ3v) is 7.55. The van der Waals surface area contributed by atoms with E-state index in [1.165, 1.54) is 12.1 Å². The number of pyridine rings is 1. The Bertz CT molecular complexity index is 1180. The number of ether oxygens (including phenoxy) is 1. The lowest BCUT2D eigenvalue weighted by Crippen LogP contribution is -2.53. The van der Waals surface area contributed by atoms with Gasteiger partial charge in [0.2, 0.25) is 5.91 Å². The zero-order valence-electron chi connectivity index (χ0n) is 19.6. The topological polar surface area (TPSA) is 100 Å². The maximum Gasteiger partial charge on any atom is 0.414 e. The number of hydrogen-bond donors (Lipinski definition) is 1. The molecule has 2 saturated carbocycles. The maximum atomic E-state index is 14.8. The average molecular weight is 516 g/mol. The number of carbonyl (C=O) groups is 3. The number of carboxylic acids is 1. The summed E-state index contributed by atoms with van der Waals surface area (Å²) in [6.07, 6.45) is 4.57. The summed E-state index contributed by atoms with van der Waals surface area (Å²) < 4.78 is 20.4. The van der Waals surface area contributed by atoms with E-state index in [4.69, 9.17) is 21.4 Å². The molecule has 190 valence electrons. The van der Waals surface area contributed by atoms with E-state index in [0.29, 0.717) is 23.4 Å². The molecule has 5 rings (SSSR count). The fourth-order valence-corrected chi connectivity index (χ4v) is 5.78. The second-order valence-electron chi connectivity index (χ2n) is 9.60. The first-order chi connectivity index (χ1) is 17.3. The van der Waals surface area contributed by atoms with Gasteiger partial charge in [-0.1, -0.05) is 24.1 Å². The molecule has 2 aromatic rings. The highest BCUT2D eigenvalue weighted by Gasteiger charge is 2.52. The van der Waals surface area contributed by atoms with Gasteiger partial charge < -0.3 is 14.7 Å². The quantitative estimate of drug-likeness (QED) is 0.551. The Balaban J connectivity index is 1.52. The Hall–Kier alpha value is -3.20. The molecule has 1 aromatic carbocycles. The van der Waals surface area contributed by atoms with Gasteiger partial charge in [0.25, 0.3) is 0 Å². The second-order valence-corrected chi connectivity index (χ2v) is 10.0. The Morgan fingerprint density at radius 3 is 2.67 bits per heavy atom. The molecule has 2 amide bonds. The van der Waals surface area contributed by atoms with Crippen LogP contribution in [0.1, 0.15) is 62.2 Å². The number of fused-ring (bicyclic) bond motifs is 2. The predicted octanol–water partition coefficient (Wildman–Crippen LogP) is 5.10. The number of anilines is 1. The van der Waals surface area contributed by atoms with Crippen molar-refractivity contribution in [2.24, 2.45) is 5.92 Å². The van der Waals surface area contributed by atoms with Gasteiger partial charge in [0.1, 0.15) is 12.4 Å². The second kappa shape index (κ2) is 10.0. The number of carbonyl (C=O) groups excluding carboxylic acids is 2. The van der Waals surface area contributed by atoms with Gasteiger partial charge in [-0.25, -0.2) is 9.18 Å². The Morgan fingerprint density at radius 2 is 1.97 bits per heavy atom. The smallest absolute Gasteiger partial charge is 0.414 e. The Labute approximate surface area is 213 Å². The minimum atomic E-state index is -1.04. The highest BCUT2D eigenvalue weighted by Crippen LogP contribution is 2.53. The summed E-state index contributed by atoms with van der Waals surface area (Å²) in [6.45, 7) is -0.0108. The molecule has 0 spiro atoms. The van der Waals surface area contributed by atoms with Crippen molar-refractivity contribution in [3.63, 3.8) is 0 Å². The van der Waals surface area contributed by atoms with Crippen molar-refractivity contribution in [3.8, 4) is 0 Å². The third-order valence-electron chi connectivity index (χ3n) is 7.26. The van der Waals surface area contributed by atoms with Crippen molar-refractivity contribution in [3.05, 3.63) is 58.6 Å². The van der Waals surface area contributed by atoms with E-state index in [2.05, 4.69) is 4.98 Å². The first-order valence-electron chi connectivity index (χ1n) is 12.2. The summed E-state index contributed by atoms with van der Waals surface area (Å²) in [4.78, 5) is 45.3. The summed E-state index contributed by atoms with van der Waals surface area (Å²) >= 11 is 6.17. The van der Waals surface area contributed by atoms with Gasteiger partial charge >= 0.3 is 12.1 Å². The number of hydrogen-bond acceptors (Lipinski definition) is 5. The van der Waals surface area contributed by atoms with Crippen LogP contribution >= 0.6 is 11.6 Å². The Kier molecular flexibility index (Phi) is 6.83. The van der Waals surface area contributed by atoms with Gasteiger partial charge in [-0.2, -0.15) is 0 Å². The molecule has 1 aliphatic heterocycles. The van der Waals surface area contributed by atoms with Crippen molar-refractivity contribution in [1.82, 2.24) is 9.88 Å². The summed E-state index contributed by atoms with van der Waals surface area (Å²) in [5, 5.41) is 8.99. The number of aliphatic carboxylic acids is 1. The largest absolute Gasteiger partial charge is 0.481 e. The number of rotatable bonds is 7. The molecule has 1 N–H and O–H groups in total. The standard InChI is InChI=1S/C26H27ClFN3O5/c27-19-13-22-18(12-20(19)28)25(30(16-7-8-16)23(32)9-10-24(33)34)17-5-3-6-21(17)31(22)26(35)36-14-15-4-1-2-11-29-15/h1-2,4,11-13,16-17,21,25H,3,5-10,14H2,(H,33,34). The van der Waals surface area contributed by atoms with Crippen LogP contribution in [0.2, 0.25) is 5.02 Å². The fourth-order valence-electron chi connectivity index (χ4n) is 5.62. The molecule has 2 fully saturated rings. The third kappa shape index (κ3) is 4.76. The molecule has 10 heteroatoms. The molecule has 3 atom stereocenters. The number of amides is 2. The van der Waals surface area contributed by atoms with E-state index in [0.717, 1.165) is 25.7 Å². The van der Waals surface area contributed by atoms with Gasteiger partial charge in [0, 0.05) is 36.2 Å². The van der Waals surface area contributed by atoms with E-state index in [1.54, 1.807) is 34.2 Å². The van der Waals surface area contributed by atoms with Gasteiger partial charge in [-0.3, -0.25) is 19.5 Å². The van der Waals surface area contributed by atoms with E-state index in [9.17, 15) is 18.8 Å². The normalized spacial score (nSPS) is 22.5. The summed E-state index contributed by atoms with van der Waals surface area (Å²) in [7, 11) is 0.